The minimum atomic E-state index is -0.627. The fraction of sp³-hybridized carbons (Fsp3) is 0.714. The Labute approximate surface area is 70.1 Å². The van der Waals surface area contributed by atoms with Crippen LogP contribution in [-0.4, -0.2) is 40.5 Å². The maximum absolute atomic E-state index is 10.9. The van der Waals surface area contributed by atoms with E-state index in [0.29, 0.717) is 0 Å². The number of carbonyl (C=O) groups excluding carboxylic acids is 2. The maximum atomic E-state index is 10.9. The zero-order valence-corrected chi connectivity index (χ0v) is 6.86. The molecule has 5 heteroatoms. The number of β-amino-alcohol motifs (C(OH)–C–C–N with tert-alkyl or cyclic N) is 1. The van der Waals surface area contributed by atoms with Gasteiger partial charge in [0.05, 0.1) is 6.10 Å². The summed E-state index contributed by atoms with van der Waals surface area (Å²) in [5.74, 6) is -0.780. The van der Waals surface area contributed by atoms with Gasteiger partial charge in [-0.25, -0.2) is 0 Å². The topological polar surface area (TPSA) is 83.6 Å². The van der Waals surface area contributed by atoms with Crippen LogP contribution in [0.5, 0.6) is 0 Å². The monoisotopic (exact) mass is 172 g/mol. The molecule has 5 nitrogen and oxygen atoms in total. The van der Waals surface area contributed by atoms with E-state index < -0.39 is 18.1 Å². The molecule has 1 fully saturated rings. The van der Waals surface area contributed by atoms with Crippen molar-refractivity contribution >= 4 is 11.8 Å². The van der Waals surface area contributed by atoms with Gasteiger partial charge in [0.25, 0.3) is 0 Å². The first kappa shape index (κ1) is 8.99. The summed E-state index contributed by atoms with van der Waals surface area (Å²) in [6.45, 7) is 1.57. The van der Waals surface area contributed by atoms with Crippen molar-refractivity contribution in [2.24, 2.45) is 5.73 Å². The second-order valence-corrected chi connectivity index (χ2v) is 2.98. The fourth-order valence-corrected chi connectivity index (χ4v) is 1.43. The highest BCUT2D eigenvalue weighted by Gasteiger charge is 2.35. The first-order valence-corrected chi connectivity index (χ1v) is 3.77. The molecular formula is C7H12N2O3. The van der Waals surface area contributed by atoms with Crippen LogP contribution in [-0.2, 0) is 9.59 Å². The van der Waals surface area contributed by atoms with Crippen LogP contribution in [0.2, 0.25) is 0 Å². The third kappa shape index (κ3) is 1.55. The lowest BCUT2D eigenvalue weighted by Crippen LogP contribution is -2.42. The van der Waals surface area contributed by atoms with Gasteiger partial charge in [-0.1, -0.05) is 0 Å². The normalized spacial score (nSPS) is 29.0. The molecule has 0 bridgehead atoms. The third-order valence-electron chi connectivity index (χ3n) is 2.01. The lowest BCUT2D eigenvalue weighted by Gasteiger charge is -2.19. The van der Waals surface area contributed by atoms with Crippen LogP contribution in [0, 0.1) is 0 Å². The Bertz CT molecular complexity index is 195. The fourth-order valence-electron chi connectivity index (χ4n) is 1.43. The van der Waals surface area contributed by atoms with Gasteiger partial charge in [0.1, 0.15) is 6.04 Å². The summed E-state index contributed by atoms with van der Waals surface area (Å²) in [6.07, 6.45) is -0.360. The predicted octanol–water partition coefficient (Wildman–Crippen LogP) is -1.55. The van der Waals surface area contributed by atoms with Crippen LogP contribution in [0.15, 0.2) is 0 Å². The van der Waals surface area contributed by atoms with E-state index in [1.165, 1.54) is 11.8 Å². The highest BCUT2D eigenvalue weighted by molar-refractivity contribution is 5.86. The van der Waals surface area contributed by atoms with Gasteiger partial charge in [-0.05, 0) is 0 Å². The molecular weight excluding hydrogens is 160 g/mol. The minimum absolute atomic E-state index is 0.211. The molecule has 1 aliphatic heterocycles. The van der Waals surface area contributed by atoms with E-state index in [4.69, 9.17) is 10.8 Å². The zero-order valence-electron chi connectivity index (χ0n) is 6.86. The van der Waals surface area contributed by atoms with Gasteiger partial charge in [-0.2, -0.15) is 0 Å². The number of nitrogens with two attached hydrogens (primary N) is 1. The van der Waals surface area contributed by atoms with Crippen LogP contribution in [0.25, 0.3) is 0 Å². The van der Waals surface area contributed by atoms with Crippen LogP contribution < -0.4 is 5.73 Å². The largest absolute Gasteiger partial charge is 0.391 e. The second-order valence-electron chi connectivity index (χ2n) is 2.98. The van der Waals surface area contributed by atoms with Gasteiger partial charge in [-0.3, -0.25) is 9.59 Å². The van der Waals surface area contributed by atoms with Crippen LogP contribution in [0.4, 0.5) is 0 Å². The highest BCUT2D eigenvalue weighted by Crippen LogP contribution is 2.17. The molecule has 0 aromatic carbocycles. The SMILES string of the molecule is CC(=O)N1CC(O)CC1C(N)=O. The summed E-state index contributed by atoms with van der Waals surface area (Å²) in [4.78, 5) is 23.0. The Balaban J connectivity index is 2.72. The number of rotatable bonds is 1. The van der Waals surface area contributed by atoms with Crippen molar-refractivity contribution < 1.29 is 14.7 Å². The molecule has 0 aliphatic carbocycles. The predicted molar refractivity (Wildman–Crippen MR) is 41.0 cm³/mol. The molecule has 0 spiro atoms. The molecule has 0 saturated carbocycles. The van der Waals surface area contributed by atoms with E-state index in [9.17, 15) is 9.59 Å². The summed E-state index contributed by atoms with van der Waals surface area (Å²) in [5.41, 5.74) is 5.04. The number of primary amides is 1. The second kappa shape index (κ2) is 3.10. The molecule has 68 valence electrons. The molecule has 2 unspecified atom stereocenters. The van der Waals surface area contributed by atoms with Crippen LogP contribution in [0.3, 0.4) is 0 Å². The van der Waals surface area contributed by atoms with E-state index in [2.05, 4.69) is 0 Å². The molecule has 2 atom stereocenters. The van der Waals surface area contributed by atoms with Gasteiger partial charge in [0, 0.05) is 19.9 Å². The Hall–Kier alpha value is -1.10. The first-order chi connectivity index (χ1) is 5.52. The molecule has 0 aromatic heterocycles. The zero-order chi connectivity index (χ0) is 9.30. The average Bonchev–Trinajstić information content (AvgIpc) is 2.31. The quantitative estimate of drug-likeness (QED) is 0.502. The van der Waals surface area contributed by atoms with Crippen molar-refractivity contribution in [2.75, 3.05) is 6.54 Å². The lowest BCUT2D eigenvalue weighted by atomic mass is 10.2. The van der Waals surface area contributed by atoms with Crippen molar-refractivity contribution in [3.63, 3.8) is 0 Å². The molecule has 2 amide bonds. The van der Waals surface area contributed by atoms with Gasteiger partial charge in [-0.15, -0.1) is 0 Å². The Morgan fingerprint density at radius 3 is 2.50 bits per heavy atom. The smallest absolute Gasteiger partial charge is 0.240 e. The van der Waals surface area contributed by atoms with Crippen molar-refractivity contribution in [3.05, 3.63) is 0 Å². The number of amides is 2. The van der Waals surface area contributed by atoms with Crippen molar-refractivity contribution in [3.8, 4) is 0 Å². The average molecular weight is 172 g/mol. The Kier molecular flexibility index (Phi) is 2.32. The maximum Gasteiger partial charge on any atom is 0.240 e. The molecule has 0 radical (unpaired) electrons. The van der Waals surface area contributed by atoms with Crippen LogP contribution in [0.1, 0.15) is 13.3 Å². The third-order valence-corrected chi connectivity index (χ3v) is 2.01. The molecule has 1 saturated heterocycles. The minimum Gasteiger partial charge on any atom is -0.391 e. The number of aliphatic hydroxyl groups excluding tert-OH is 1. The summed E-state index contributed by atoms with van der Waals surface area (Å²) < 4.78 is 0. The molecule has 12 heavy (non-hydrogen) atoms. The number of likely N-dealkylation sites (tertiary alicyclic amines) is 1. The molecule has 1 heterocycles. The Morgan fingerprint density at radius 1 is 1.58 bits per heavy atom. The number of carbonyl (C=O) groups is 2. The van der Waals surface area contributed by atoms with E-state index >= 15 is 0 Å². The lowest BCUT2D eigenvalue weighted by molar-refractivity contribution is -0.135. The van der Waals surface area contributed by atoms with Crippen molar-refractivity contribution in [2.45, 2.75) is 25.5 Å². The van der Waals surface area contributed by atoms with Gasteiger partial charge in [0.15, 0.2) is 0 Å². The van der Waals surface area contributed by atoms with Gasteiger partial charge in [0.2, 0.25) is 11.8 Å². The standard InChI is InChI=1S/C7H12N2O3/c1-4(10)9-3-5(11)2-6(9)7(8)12/h5-6,11H,2-3H2,1H3,(H2,8,12). The van der Waals surface area contributed by atoms with E-state index in [-0.39, 0.29) is 18.9 Å². The summed E-state index contributed by atoms with van der Waals surface area (Å²) in [5, 5.41) is 9.17. The number of hydrogen-bond acceptors (Lipinski definition) is 3. The van der Waals surface area contributed by atoms with E-state index in [1.807, 2.05) is 0 Å². The molecule has 1 rings (SSSR count). The molecule has 0 aromatic rings. The number of aliphatic hydroxyl groups is 1. The van der Waals surface area contributed by atoms with E-state index in [0.717, 1.165) is 0 Å². The number of hydrogen-bond donors (Lipinski definition) is 2. The van der Waals surface area contributed by atoms with Crippen molar-refractivity contribution in [1.82, 2.24) is 4.90 Å². The Morgan fingerprint density at radius 2 is 2.17 bits per heavy atom. The van der Waals surface area contributed by atoms with Gasteiger partial charge >= 0.3 is 0 Å². The first-order valence-electron chi connectivity index (χ1n) is 3.77. The summed E-state index contributed by atoms with van der Waals surface area (Å²) >= 11 is 0. The number of nitrogens with zero attached hydrogens (tertiary/aromatic N) is 1. The van der Waals surface area contributed by atoms with E-state index in [1.54, 1.807) is 0 Å². The van der Waals surface area contributed by atoms with Crippen molar-refractivity contribution in [1.29, 1.82) is 0 Å². The summed E-state index contributed by atoms with van der Waals surface area (Å²) in [6, 6.07) is -0.627. The molecule has 3 N–H and O–H groups in total. The summed E-state index contributed by atoms with van der Waals surface area (Å²) in [7, 11) is 0. The van der Waals surface area contributed by atoms with Crippen LogP contribution >= 0.6 is 0 Å². The molecule has 1 aliphatic rings. The van der Waals surface area contributed by atoms with Gasteiger partial charge < -0.3 is 15.7 Å². The highest BCUT2D eigenvalue weighted by atomic mass is 16.3.